The van der Waals surface area contributed by atoms with Crippen molar-refractivity contribution in [3.63, 3.8) is 0 Å². The van der Waals surface area contributed by atoms with E-state index >= 15 is 0 Å². The van der Waals surface area contributed by atoms with E-state index in [0.29, 0.717) is 12.5 Å². The molecule has 0 bridgehead atoms. The van der Waals surface area contributed by atoms with Gasteiger partial charge in [0.1, 0.15) is 6.61 Å². The van der Waals surface area contributed by atoms with Crippen LogP contribution in [0.5, 0.6) is 0 Å². The number of aliphatic hydroxyl groups excluding tert-OH is 1. The third kappa shape index (κ3) is 4.49. The summed E-state index contributed by atoms with van der Waals surface area (Å²) in [5.74, 6) is 0.560. The molecule has 0 aromatic rings. The Morgan fingerprint density at radius 1 is 1.56 bits per heavy atom. The van der Waals surface area contributed by atoms with Crippen molar-refractivity contribution in [2.75, 3.05) is 32.9 Å². The van der Waals surface area contributed by atoms with Crippen LogP contribution < -0.4 is 0 Å². The van der Waals surface area contributed by atoms with E-state index in [1.807, 2.05) is 11.8 Å². The molecule has 1 unspecified atom stereocenters. The number of piperidine rings is 1. The first-order valence-corrected chi connectivity index (χ1v) is 6.24. The molecule has 1 aliphatic rings. The molecule has 1 amide bonds. The van der Waals surface area contributed by atoms with Crippen LogP contribution in [-0.4, -0.2) is 48.8 Å². The van der Waals surface area contributed by atoms with Crippen LogP contribution in [-0.2, 0) is 9.53 Å². The van der Waals surface area contributed by atoms with Crippen molar-refractivity contribution in [1.82, 2.24) is 4.90 Å². The number of nitrogens with zero attached hydrogens (tertiary/aromatic N) is 1. The number of rotatable bonds is 6. The molecule has 1 N–H and O–H groups in total. The van der Waals surface area contributed by atoms with Crippen LogP contribution in [0, 0.1) is 5.92 Å². The number of ether oxygens (including phenoxy) is 1. The van der Waals surface area contributed by atoms with E-state index < -0.39 is 0 Å². The topological polar surface area (TPSA) is 49.8 Å². The highest BCUT2D eigenvalue weighted by molar-refractivity contribution is 5.77. The fourth-order valence-electron chi connectivity index (χ4n) is 2.10. The smallest absolute Gasteiger partial charge is 0.248 e. The van der Waals surface area contributed by atoms with Gasteiger partial charge in [-0.2, -0.15) is 0 Å². The number of carbonyl (C=O) groups excluding carboxylic acids is 1. The van der Waals surface area contributed by atoms with Crippen LogP contribution in [0.2, 0.25) is 0 Å². The Hall–Kier alpha value is -0.610. The fraction of sp³-hybridized carbons (Fsp3) is 0.917. The van der Waals surface area contributed by atoms with Crippen molar-refractivity contribution < 1.29 is 14.6 Å². The lowest BCUT2D eigenvalue weighted by atomic mass is 9.95. The lowest BCUT2D eigenvalue weighted by molar-refractivity contribution is -0.138. The average Bonchev–Trinajstić information content (AvgIpc) is 2.30. The lowest BCUT2D eigenvalue weighted by Gasteiger charge is -2.32. The van der Waals surface area contributed by atoms with Gasteiger partial charge in [-0.05, 0) is 31.6 Å². The summed E-state index contributed by atoms with van der Waals surface area (Å²) in [6.45, 7) is 4.74. The molecule has 1 fully saturated rings. The highest BCUT2D eigenvalue weighted by Gasteiger charge is 2.22. The van der Waals surface area contributed by atoms with Crippen LogP contribution in [0.15, 0.2) is 0 Å². The molecular formula is C12H23NO3. The molecule has 4 nitrogen and oxygen atoms in total. The Morgan fingerprint density at radius 2 is 2.38 bits per heavy atom. The van der Waals surface area contributed by atoms with E-state index in [-0.39, 0.29) is 19.1 Å². The standard InChI is InChI=1S/C12H23NO3/c1-2-8-16-10-12(15)13-6-3-4-11(9-13)5-7-14/h11,14H,2-10H2,1H3. The molecule has 1 rings (SSSR count). The third-order valence-electron chi connectivity index (χ3n) is 2.98. The van der Waals surface area contributed by atoms with Crippen molar-refractivity contribution >= 4 is 5.91 Å². The fourth-order valence-corrected chi connectivity index (χ4v) is 2.10. The minimum atomic E-state index is 0.0936. The number of aliphatic hydroxyl groups is 1. The number of likely N-dealkylation sites (tertiary alicyclic amines) is 1. The molecule has 0 aliphatic carbocycles. The van der Waals surface area contributed by atoms with E-state index in [1.165, 1.54) is 0 Å². The summed E-state index contributed by atoms with van der Waals surface area (Å²) < 4.78 is 5.25. The SMILES string of the molecule is CCCOCC(=O)N1CCCC(CCO)C1. The quantitative estimate of drug-likeness (QED) is 0.692. The maximum Gasteiger partial charge on any atom is 0.248 e. The van der Waals surface area contributed by atoms with Gasteiger partial charge in [-0.15, -0.1) is 0 Å². The Bertz CT molecular complexity index is 206. The van der Waals surface area contributed by atoms with E-state index in [0.717, 1.165) is 38.8 Å². The number of hydrogen-bond acceptors (Lipinski definition) is 3. The van der Waals surface area contributed by atoms with Gasteiger partial charge in [-0.1, -0.05) is 6.92 Å². The van der Waals surface area contributed by atoms with Gasteiger partial charge in [0.2, 0.25) is 5.91 Å². The molecule has 1 saturated heterocycles. The zero-order valence-electron chi connectivity index (χ0n) is 10.2. The zero-order valence-corrected chi connectivity index (χ0v) is 10.2. The van der Waals surface area contributed by atoms with E-state index in [9.17, 15) is 4.79 Å². The first-order valence-electron chi connectivity index (χ1n) is 6.24. The second-order valence-corrected chi connectivity index (χ2v) is 4.41. The van der Waals surface area contributed by atoms with Gasteiger partial charge in [-0.25, -0.2) is 0 Å². The monoisotopic (exact) mass is 229 g/mol. The summed E-state index contributed by atoms with van der Waals surface area (Å²) >= 11 is 0. The predicted octanol–water partition coefficient (Wildman–Crippen LogP) is 1.03. The lowest BCUT2D eigenvalue weighted by Crippen LogP contribution is -2.42. The third-order valence-corrected chi connectivity index (χ3v) is 2.98. The van der Waals surface area contributed by atoms with Crippen LogP contribution in [0.25, 0.3) is 0 Å². The first-order chi connectivity index (χ1) is 7.77. The molecule has 16 heavy (non-hydrogen) atoms. The summed E-state index contributed by atoms with van der Waals surface area (Å²) in [6, 6.07) is 0. The summed E-state index contributed by atoms with van der Waals surface area (Å²) in [6.07, 6.45) is 3.92. The van der Waals surface area contributed by atoms with Gasteiger partial charge >= 0.3 is 0 Å². The van der Waals surface area contributed by atoms with Crippen molar-refractivity contribution in [3.05, 3.63) is 0 Å². The van der Waals surface area contributed by atoms with Crippen molar-refractivity contribution in [1.29, 1.82) is 0 Å². The molecule has 0 saturated carbocycles. The minimum absolute atomic E-state index is 0.0936. The van der Waals surface area contributed by atoms with Gasteiger partial charge < -0.3 is 14.7 Å². The zero-order chi connectivity index (χ0) is 11.8. The number of amides is 1. The Kier molecular flexibility index (Phi) is 6.42. The second kappa shape index (κ2) is 7.63. The summed E-state index contributed by atoms with van der Waals surface area (Å²) in [5.41, 5.74) is 0. The van der Waals surface area contributed by atoms with Gasteiger partial charge in [0.25, 0.3) is 0 Å². The van der Waals surface area contributed by atoms with Crippen molar-refractivity contribution in [2.24, 2.45) is 5.92 Å². The van der Waals surface area contributed by atoms with Crippen LogP contribution in [0.1, 0.15) is 32.6 Å². The van der Waals surface area contributed by atoms with Crippen molar-refractivity contribution in [2.45, 2.75) is 32.6 Å². The molecule has 0 aromatic carbocycles. The van der Waals surface area contributed by atoms with Crippen LogP contribution in [0.3, 0.4) is 0 Å². The Morgan fingerprint density at radius 3 is 3.06 bits per heavy atom. The second-order valence-electron chi connectivity index (χ2n) is 4.41. The predicted molar refractivity (Wildman–Crippen MR) is 62.1 cm³/mol. The Balaban J connectivity index is 2.26. The summed E-state index contributed by atoms with van der Waals surface area (Å²) in [4.78, 5) is 13.6. The number of hydrogen-bond donors (Lipinski definition) is 1. The van der Waals surface area contributed by atoms with Crippen LogP contribution >= 0.6 is 0 Å². The van der Waals surface area contributed by atoms with Crippen LogP contribution in [0.4, 0.5) is 0 Å². The van der Waals surface area contributed by atoms with Gasteiger partial charge in [0, 0.05) is 26.3 Å². The molecule has 1 aliphatic heterocycles. The van der Waals surface area contributed by atoms with Crippen molar-refractivity contribution in [3.8, 4) is 0 Å². The van der Waals surface area contributed by atoms with Gasteiger partial charge in [-0.3, -0.25) is 4.79 Å². The number of carbonyl (C=O) groups is 1. The van der Waals surface area contributed by atoms with Gasteiger partial charge in [0.05, 0.1) is 0 Å². The van der Waals surface area contributed by atoms with Gasteiger partial charge in [0.15, 0.2) is 0 Å². The normalized spacial score (nSPS) is 21.1. The Labute approximate surface area is 97.6 Å². The molecule has 0 aromatic heterocycles. The van der Waals surface area contributed by atoms with E-state index in [4.69, 9.17) is 9.84 Å². The van der Waals surface area contributed by atoms with E-state index in [1.54, 1.807) is 0 Å². The molecule has 0 radical (unpaired) electrons. The van der Waals surface area contributed by atoms with E-state index in [2.05, 4.69) is 0 Å². The average molecular weight is 229 g/mol. The highest BCUT2D eigenvalue weighted by atomic mass is 16.5. The summed E-state index contributed by atoms with van der Waals surface area (Å²) in [5, 5.41) is 8.89. The molecule has 1 heterocycles. The molecule has 0 spiro atoms. The molecular weight excluding hydrogens is 206 g/mol. The molecule has 1 atom stereocenters. The minimum Gasteiger partial charge on any atom is -0.396 e. The molecule has 4 heteroatoms. The largest absolute Gasteiger partial charge is 0.396 e. The highest BCUT2D eigenvalue weighted by Crippen LogP contribution is 2.19. The first kappa shape index (κ1) is 13.5. The summed E-state index contributed by atoms with van der Waals surface area (Å²) in [7, 11) is 0. The maximum atomic E-state index is 11.8. The molecule has 94 valence electrons. The maximum absolute atomic E-state index is 11.8.